The van der Waals surface area contributed by atoms with Gasteiger partial charge in [0.1, 0.15) is 11.3 Å². The summed E-state index contributed by atoms with van der Waals surface area (Å²) >= 11 is 0. The van der Waals surface area contributed by atoms with Crippen LogP contribution in [0.2, 0.25) is 0 Å². The quantitative estimate of drug-likeness (QED) is 0.823. The Labute approximate surface area is 162 Å². The fourth-order valence-electron chi connectivity index (χ4n) is 3.92. The van der Waals surface area contributed by atoms with Crippen LogP contribution in [0.3, 0.4) is 0 Å². The molecule has 1 saturated carbocycles. The van der Waals surface area contributed by atoms with Gasteiger partial charge in [0.2, 0.25) is 5.88 Å². The minimum Gasteiger partial charge on any atom is -0.439 e. The molecule has 0 bridgehead atoms. The van der Waals surface area contributed by atoms with E-state index in [9.17, 15) is 9.59 Å². The molecule has 3 aliphatic rings. The fraction of sp³-hybridized carbons (Fsp3) is 0.381. The van der Waals surface area contributed by atoms with Gasteiger partial charge in [-0.3, -0.25) is 4.79 Å². The number of pyridine rings is 1. The van der Waals surface area contributed by atoms with Gasteiger partial charge in [0.05, 0.1) is 24.6 Å². The predicted molar refractivity (Wildman–Crippen MR) is 101 cm³/mol. The number of nitrogens with zero attached hydrogens (tertiary/aromatic N) is 2. The largest absolute Gasteiger partial charge is 0.439 e. The summed E-state index contributed by atoms with van der Waals surface area (Å²) in [6.07, 6.45) is 3.35. The van der Waals surface area contributed by atoms with Crippen molar-refractivity contribution in [2.45, 2.75) is 50.9 Å². The Morgan fingerprint density at radius 2 is 2.18 bits per heavy atom. The van der Waals surface area contributed by atoms with Crippen molar-refractivity contribution in [2.75, 3.05) is 4.90 Å². The summed E-state index contributed by atoms with van der Waals surface area (Å²) in [5, 5.41) is 2.74. The van der Waals surface area contributed by atoms with E-state index >= 15 is 0 Å². The second-order valence-electron chi connectivity index (χ2n) is 7.73. The van der Waals surface area contributed by atoms with Gasteiger partial charge >= 0.3 is 6.03 Å². The molecule has 1 aromatic heterocycles. The van der Waals surface area contributed by atoms with Crippen molar-refractivity contribution in [3.8, 4) is 11.6 Å². The number of rotatable bonds is 4. The van der Waals surface area contributed by atoms with Crippen molar-refractivity contribution >= 4 is 17.6 Å². The number of carbonyl (C=O) groups is 2. The topological polar surface area (TPSA) is 80.8 Å². The van der Waals surface area contributed by atoms with E-state index < -0.39 is 11.6 Å². The van der Waals surface area contributed by atoms with Gasteiger partial charge in [-0.2, -0.15) is 0 Å². The monoisotopic (exact) mass is 379 g/mol. The number of amides is 3. The highest BCUT2D eigenvalue weighted by Crippen LogP contribution is 2.52. The van der Waals surface area contributed by atoms with Crippen LogP contribution in [0.4, 0.5) is 10.5 Å². The van der Waals surface area contributed by atoms with Gasteiger partial charge in [0, 0.05) is 17.5 Å². The summed E-state index contributed by atoms with van der Waals surface area (Å²) in [5.74, 6) is 1.34. The lowest BCUT2D eigenvalue weighted by molar-refractivity contribution is -0.121. The summed E-state index contributed by atoms with van der Waals surface area (Å²) < 4.78 is 11.8. The number of hydrogen-bond acceptors (Lipinski definition) is 5. The zero-order chi connectivity index (χ0) is 19.5. The summed E-state index contributed by atoms with van der Waals surface area (Å²) in [6.45, 7) is 4.21. The molecular formula is C21H21N3O4. The van der Waals surface area contributed by atoms with Crippen LogP contribution in [0.1, 0.15) is 43.7 Å². The van der Waals surface area contributed by atoms with Gasteiger partial charge in [-0.15, -0.1) is 0 Å². The van der Waals surface area contributed by atoms with Crippen molar-refractivity contribution < 1.29 is 19.1 Å². The molecule has 3 amide bonds. The zero-order valence-corrected chi connectivity index (χ0v) is 15.8. The minimum atomic E-state index is -0.877. The van der Waals surface area contributed by atoms with Crippen LogP contribution in [0, 0.1) is 0 Å². The third kappa shape index (κ3) is 2.57. The van der Waals surface area contributed by atoms with E-state index in [2.05, 4.69) is 16.4 Å². The summed E-state index contributed by atoms with van der Waals surface area (Å²) in [5.41, 5.74) is 1.92. The number of carbonyl (C=O) groups excluding carboxylic acids is 2. The van der Waals surface area contributed by atoms with E-state index in [1.54, 1.807) is 19.1 Å². The van der Waals surface area contributed by atoms with Crippen LogP contribution in [0.15, 0.2) is 36.5 Å². The number of ether oxygens (including phenoxy) is 2. The molecule has 5 rings (SSSR count). The van der Waals surface area contributed by atoms with Gasteiger partial charge in [-0.1, -0.05) is 19.1 Å². The number of hydrogen-bond donors (Lipinski definition) is 1. The van der Waals surface area contributed by atoms with Crippen molar-refractivity contribution in [2.24, 2.45) is 0 Å². The maximum absolute atomic E-state index is 12.6. The van der Waals surface area contributed by atoms with E-state index in [4.69, 9.17) is 9.47 Å². The van der Waals surface area contributed by atoms with Gasteiger partial charge in [-0.05, 0) is 37.5 Å². The lowest BCUT2D eigenvalue weighted by Crippen LogP contribution is -2.43. The van der Waals surface area contributed by atoms with Crippen LogP contribution >= 0.6 is 0 Å². The normalized spacial score (nSPS) is 27.9. The highest BCUT2D eigenvalue weighted by Gasteiger charge is 2.47. The first-order valence-corrected chi connectivity index (χ1v) is 9.54. The number of aromatic nitrogens is 1. The van der Waals surface area contributed by atoms with Crippen molar-refractivity contribution in [3.05, 3.63) is 47.7 Å². The standard InChI is InChI=1S/C21H21N3O4/c1-3-21(2)19(25)24(20(26)23-21)13-7-8-17(22-10-13)28-15-6-4-5-12-11-27-16-9-14(16)18(12)15/h4-8,10,14,16H,3,9,11H2,1-2H3,(H,23,26)/t14?,16?,21-/m1/s1. The minimum absolute atomic E-state index is 0.271. The first-order chi connectivity index (χ1) is 13.5. The molecule has 1 aliphatic carbocycles. The van der Waals surface area contributed by atoms with Gasteiger partial charge in [-0.25, -0.2) is 14.7 Å². The van der Waals surface area contributed by atoms with Gasteiger partial charge in [0.15, 0.2) is 0 Å². The van der Waals surface area contributed by atoms with E-state index in [0.29, 0.717) is 36.6 Å². The molecule has 0 spiro atoms. The van der Waals surface area contributed by atoms with E-state index in [1.807, 2.05) is 19.1 Å². The smallest absolute Gasteiger partial charge is 0.329 e. The molecule has 3 atom stereocenters. The van der Waals surface area contributed by atoms with Crippen LogP contribution in [0.25, 0.3) is 0 Å². The first-order valence-electron chi connectivity index (χ1n) is 9.54. The Kier molecular flexibility index (Phi) is 3.71. The van der Waals surface area contributed by atoms with Crippen LogP contribution in [0.5, 0.6) is 11.6 Å². The van der Waals surface area contributed by atoms with Gasteiger partial charge in [0.25, 0.3) is 5.91 Å². The Bertz CT molecular complexity index is 974. The SMILES string of the molecule is CC[C@@]1(C)NC(=O)N(c2ccc(Oc3cccc4c3C3CC3OC4)nc2)C1=O. The predicted octanol–water partition coefficient (Wildman–Crippen LogP) is 3.48. The molecule has 1 N–H and O–H groups in total. The van der Waals surface area contributed by atoms with Crippen LogP contribution in [-0.4, -0.2) is 28.6 Å². The Balaban J connectivity index is 1.39. The lowest BCUT2D eigenvalue weighted by atomic mass is 9.99. The average Bonchev–Trinajstić information content (AvgIpc) is 3.45. The molecule has 7 heteroatoms. The molecule has 2 fully saturated rings. The second kappa shape index (κ2) is 6.04. The molecule has 144 valence electrons. The molecule has 0 radical (unpaired) electrons. The molecule has 2 aromatic rings. The fourth-order valence-corrected chi connectivity index (χ4v) is 3.92. The van der Waals surface area contributed by atoms with Crippen molar-refractivity contribution in [1.29, 1.82) is 0 Å². The highest BCUT2D eigenvalue weighted by molar-refractivity contribution is 6.23. The number of nitrogens with one attached hydrogen (secondary N) is 1. The Morgan fingerprint density at radius 3 is 2.89 bits per heavy atom. The maximum atomic E-state index is 12.6. The number of benzene rings is 1. The van der Waals surface area contributed by atoms with Crippen LogP contribution < -0.4 is 15.0 Å². The number of fused-ring (bicyclic) bond motifs is 3. The third-order valence-corrected chi connectivity index (χ3v) is 5.87. The molecule has 1 saturated heterocycles. The number of anilines is 1. The summed E-state index contributed by atoms with van der Waals surface area (Å²) in [7, 11) is 0. The molecule has 28 heavy (non-hydrogen) atoms. The number of imide groups is 1. The third-order valence-electron chi connectivity index (χ3n) is 5.87. The maximum Gasteiger partial charge on any atom is 0.329 e. The summed E-state index contributed by atoms with van der Waals surface area (Å²) in [6, 6.07) is 8.89. The number of urea groups is 1. The molecule has 1 aromatic carbocycles. The van der Waals surface area contributed by atoms with Gasteiger partial charge < -0.3 is 14.8 Å². The summed E-state index contributed by atoms with van der Waals surface area (Å²) in [4.78, 5) is 30.3. The zero-order valence-electron chi connectivity index (χ0n) is 15.8. The average molecular weight is 379 g/mol. The van der Waals surface area contributed by atoms with E-state index in [0.717, 1.165) is 22.6 Å². The second-order valence-corrected chi connectivity index (χ2v) is 7.73. The first kappa shape index (κ1) is 17.2. The Hall–Kier alpha value is -2.93. The Morgan fingerprint density at radius 1 is 1.32 bits per heavy atom. The van der Waals surface area contributed by atoms with Crippen molar-refractivity contribution in [1.82, 2.24) is 10.3 Å². The van der Waals surface area contributed by atoms with Crippen molar-refractivity contribution in [3.63, 3.8) is 0 Å². The molecule has 7 nitrogen and oxygen atoms in total. The molecule has 2 unspecified atom stereocenters. The van der Waals surface area contributed by atoms with E-state index in [1.165, 1.54) is 11.8 Å². The lowest BCUT2D eigenvalue weighted by Gasteiger charge is -2.20. The highest BCUT2D eigenvalue weighted by atomic mass is 16.5. The molecular weight excluding hydrogens is 358 g/mol. The van der Waals surface area contributed by atoms with E-state index in [-0.39, 0.29) is 5.91 Å². The van der Waals surface area contributed by atoms with Crippen LogP contribution in [-0.2, 0) is 16.1 Å². The molecule has 3 heterocycles. The molecule has 2 aliphatic heterocycles.